The van der Waals surface area contributed by atoms with Crippen LogP contribution in [0.1, 0.15) is 33.4 Å². The predicted molar refractivity (Wildman–Crippen MR) is 550 cm³/mol. The van der Waals surface area contributed by atoms with Gasteiger partial charge < -0.3 is 52.3 Å². The van der Waals surface area contributed by atoms with Gasteiger partial charge in [0.15, 0.2) is 0 Å². The third kappa shape index (κ3) is 16.4. The van der Waals surface area contributed by atoms with Gasteiger partial charge in [0.25, 0.3) is 0 Å². The average molecular weight is 1800 g/mol. The monoisotopic (exact) mass is 1800 g/mol. The molecule has 0 radical (unpaired) electrons. The van der Waals surface area contributed by atoms with E-state index in [1.807, 2.05) is 36.4 Å². The molecule has 3 heterocycles. The highest BCUT2D eigenvalue weighted by Crippen LogP contribution is 2.48. The quantitative estimate of drug-likeness (QED) is 0.0440. The maximum Gasteiger partial charge on any atom is 0.335 e. The molecule has 133 heavy (non-hydrogen) atoms. The van der Waals surface area contributed by atoms with Crippen LogP contribution in [-0.4, -0.2) is 64.3 Å². The number of carbonyl (C=O) groups is 2. The van der Waals surface area contributed by atoms with E-state index in [1.165, 1.54) is 164 Å². The Balaban J connectivity index is 0.000000107. The van der Waals surface area contributed by atoms with Gasteiger partial charge in [0.05, 0.1) is 61.5 Å². The normalized spacial score (nSPS) is 11.5. The number of aromatic hydroxyl groups is 2. The van der Waals surface area contributed by atoms with E-state index in [-0.39, 0.29) is 23.0 Å². The Kier molecular flexibility index (Phi) is 23.3. The Morgan fingerprint density at radius 1 is 0.286 bits per heavy atom. The summed E-state index contributed by atoms with van der Waals surface area (Å²) in [6, 6.07) is 126. The van der Waals surface area contributed by atoms with E-state index in [2.05, 4.69) is 334 Å². The fraction of sp³-hybridized carbons (Fsp3) is 0.0756. The van der Waals surface area contributed by atoms with Crippen LogP contribution in [0.15, 0.2) is 389 Å². The van der Waals surface area contributed by atoms with Gasteiger partial charge in [-0.25, -0.2) is 9.59 Å². The van der Waals surface area contributed by atoms with Crippen molar-refractivity contribution >= 4 is 179 Å². The van der Waals surface area contributed by atoms with Crippen LogP contribution in [0.25, 0.3) is 163 Å². The second-order valence-corrected chi connectivity index (χ2v) is 33.7. The number of alkyl halides is 1. The molecule has 0 saturated heterocycles. The highest BCUT2D eigenvalue weighted by atomic mass is 79.9. The van der Waals surface area contributed by atoms with Gasteiger partial charge in [-0.3, -0.25) is 0 Å². The van der Waals surface area contributed by atoms with Crippen molar-refractivity contribution in [2.24, 2.45) is 0 Å². The van der Waals surface area contributed by atoms with E-state index in [9.17, 15) is 19.8 Å². The van der Waals surface area contributed by atoms with Crippen LogP contribution >= 0.6 is 15.9 Å². The van der Waals surface area contributed by atoms with E-state index in [0.717, 1.165) is 97.8 Å². The number of hydrogen-bond donors (Lipinski definition) is 2. The first kappa shape index (κ1) is 84.7. The van der Waals surface area contributed by atoms with Crippen molar-refractivity contribution in [1.82, 2.24) is 13.7 Å². The van der Waals surface area contributed by atoms with Crippen LogP contribution in [0.4, 0.5) is 0 Å². The summed E-state index contributed by atoms with van der Waals surface area (Å²) in [6.45, 7) is 8.66. The molecule has 0 fully saturated rings. The van der Waals surface area contributed by atoms with Crippen molar-refractivity contribution in [3.8, 4) is 57.1 Å². The molecule has 24 rings (SSSR count). The van der Waals surface area contributed by atoms with E-state index in [0.29, 0.717) is 13.1 Å². The zero-order valence-electron chi connectivity index (χ0n) is 73.6. The van der Waals surface area contributed by atoms with E-state index >= 15 is 0 Å². The number of rotatable bonds is 15. The Morgan fingerprint density at radius 3 is 0.774 bits per heavy atom. The van der Waals surface area contributed by atoms with Crippen molar-refractivity contribution in [3.63, 3.8) is 0 Å². The third-order valence-electron chi connectivity index (χ3n) is 25.3. The highest BCUT2D eigenvalue weighted by molar-refractivity contribution is 9.08. The molecule has 0 spiro atoms. The SMILES string of the molecule is C=CC(=O)Oc1cc(Cn2c3ccc4ccccc4c3c3c4ccccc4ccc32)cc(OC(=O)C=C)c1.COc1cc(CBr)cc(OC)c1.COc1cc(Cn2c3ccc4ccccc4c3c3c4ccccc4ccc32)cc(OC)c1.Oc1cc(O)cc(Cn2c3ccc4ccccc4c3c3c4ccccc4ccc32)c1.c1ccc2c3c(ccc2c1)Cc1ccc2ccccc2c1-3. The van der Waals surface area contributed by atoms with Gasteiger partial charge >= 0.3 is 11.9 Å². The highest BCUT2D eigenvalue weighted by Gasteiger charge is 2.25. The molecule has 2 N–H and O–H groups in total. The molecule has 0 amide bonds. The number of phenols is 2. The van der Waals surface area contributed by atoms with Crippen LogP contribution in [0.2, 0.25) is 0 Å². The lowest BCUT2D eigenvalue weighted by Gasteiger charge is -2.12. The van der Waals surface area contributed by atoms with Gasteiger partial charge in [0.2, 0.25) is 0 Å². The number of fused-ring (bicyclic) bond motifs is 28. The first-order valence-electron chi connectivity index (χ1n) is 44.0. The van der Waals surface area contributed by atoms with Crippen molar-refractivity contribution in [2.75, 3.05) is 28.4 Å². The lowest BCUT2D eigenvalue weighted by molar-refractivity contribution is -0.129. The number of hydrogen-bond acceptors (Lipinski definition) is 10. The second-order valence-electron chi connectivity index (χ2n) is 33.2. The van der Waals surface area contributed by atoms with Gasteiger partial charge in [-0.05, 0) is 222 Å². The fourth-order valence-electron chi connectivity index (χ4n) is 19.5. The zero-order chi connectivity index (χ0) is 90.9. The lowest BCUT2D eigenvalue weighted by atomic mass is 9.94. The largest absolute Gasteiger partial charge is 0.508 e. The average Bonchev–Trinajstić information content (AvgIpc) is 1.59. The summed E-state index contributed by atoms with van der Waals surface area (Å²) in [5.41, 5.74) is 16.6. The summed E-state index contributed by atoms with van der Waals surface area (Å²) in [5, 5.41) is 48.3. The molecule has 0 aliphatic heterocycles. The topological polar surface area (TPSA) is 145 Å². The van der Waals surface area contributed by atoms with Gasteiger partial charge in [-0.15, -0.1) is 0 Å². The minimum atomic E-state index is -0.599. The molecular weight excluding hydrogens is 1710 g/mol. The van der Waals surface area contributed by atoms with E-state index < -0.39 is 11.9 Å². The maximum absolute atomic E-state index is 11.9. The smallest absolute Gasteiger partial charge is 0.335 e. The molecule has 1 aliphatic carbocycles. The summed E-state index contributed by atoms with van der Waals surface area (Å²) in [6.07, 6.45) is 3.23. The van der Waals surface area contributed by atoms with Crippen LogP contribution in [0.5, 0.6) is 46.0 Å². The molecule has 0 bridgehead atoms. The summed E-state index contributed by atoms with van der Waals surface area (Å²) < 4.78 is 38.9. The van der Waals surface area contributed by atoms with Crippen molar-refractivity contribution in [1.29, 1.82) is 0 Å². The lowest BCUT2D eigenvalue weighted by Crippen LogP contribution is -2.07. The van der Waals surface area contributed by atoms with Gasteiger partial charge in [0, 0.05) is 93.7 Å². The minimum absolute atomic E-state index is 0.0710. The number of phenolic OH excluding ortho intramolecular Hbond substituents is 2. The summed E-state index contributed by atoms with van der Waals surface area (Å²) in [5.74, 6) is 2.71. The number of carbonyl (C=O) groups excluding carboxylic acids is 2. The third-order valence-corrected chi connectivity index (χ3v) is 25.9. The first-order chi connectivity index (χ1) is 65.2. The molecule has 13 nitrogen and oxygen atoms in total. The standard InChI is InChI=1S/C33H23NO4.C29H23NO2.C27H19NO2.C21H14.C9H11BrO2/c1-3-30(35)37-24-17-21(18-25(19-24)38-31(36)4-2)20-34-28-15-13-22-9-5-7-11-26(22)32(28)33-27-12-8-6-10-23(27)14-16-29(33)34;1-31-22-15-19(16-23(17-22)32-2)18-30-26-13-11-20-7-3-5-9-24(20)28(26)29-25-10-6-4-8-21(25)12-14-27(29)30;29-20-13-17(14-21(30)15-20)16-28-24-11-9-18-5-1-3-7-22(18)26(24)27-23-8-4-2-6-19(23)10-12-25(27)28;1-3-7-18-14(5-1)9-11-16-13-17-12-10-15-6-2-4-8-19(15)21(17)20(16)18;1-11-8-3-7(6-10)4-9(5-8)12-2/h3-19H,1-2,20H2;3-17H,18H2,1-2H3;1-15,29-30H,16H2;1-12H,13H2;3-5H,6H2,1-2H3. The van der Waals surface area contributed by atoms with E-state index in [1.54, 1.807) is 52.7 Å². The molecular formula is C119H90BrN3O10. The second kappa shape index (κ2) is 36.6. The van der Waals surface area contributed by atoms with Crippen LogP contribution in [-0.2, 0) is 41.0 Å². The van der Waals surface area contributed by atoms with Crippen molar-refractivity contribution < 1.29 is 48.2 Å². The van der Waals surface area contributed by atoms with Crippen molar-refractivity contribution in [2.45, 2.75) is 31.4 Å². The molecule has 20 aromatic carbocycles. The van der Waals surface area contributed by atoms with Crippen LogP contribution in [0.3, 0.4) is 0 Å². The Morgan fingerprint density at radius 2 is 0.511 bits per heavy atom. The predicted octanol–water partition coefficient (Wildman–Crippen LogP) is 29.2. The Labute approximate surface area is 775 Å². The molecule has 648 valence electrons. The Hall–Kier alpha value is -16.4. The molecule has 3 aromatic heterocycles. The fourth-order valence-corrected chi connectivity index (χ4v) is 19.8. The summed E-state index contributed by atoms with van der Waals surface area (Å²) >= 11 is 3.37. The number of ether oxygens (including phenoxy) is 6. The molecule has 0 atom stereocenters. The number of halogens is 1. The number of aromatic nitrogens is 3. The van der Waals surface area contributed by atoms with Gasteiger partial charge in [-0.1, -0.05) is 284 Å². The number of methoxy groups -OCH3 is 4. The molecule has 23 aromatic rings. The molecule has 1 aliphatic rings. The molecule has 0 saturated carbocycles. The number of esters is 2. The first-order valence-corrected chi connectivity index (χ1v) is 45.1. The molecule has 14 heteroatoms. The summed E-state index contributed by atoms with van der Waals surface area (Å²) in [7, 11) is 6.67. The van der Waals surface area contributed by atoms with E-state index in [4.69, 9.17) is 28.4 Å². The summed E-state index contributed by atoms with van der Waals surface area (Å²) in [4.78, 5) is 23.9. The zero-order valence-corrected chi connectivity index (χ0v) is 75.2. The van der Waals surface area contributed by atoms with Crippen LogP contribution < -0.4 is 28.4 Å². The minimum Gasteiger partial charge on any atom is -0.508 e. The maximum atomic E-state index is 11.9. The van der Waals surface area contributed by atoms with Crippen molar-refractivity contribution in [3.05, 3.63) is 423 Å². The number of nitrogens with zero attached hydrogens (tertiary/aromatic N) is 3. The Bertz CT molecular complexity index is 8100. The molecule has 0 unspecified atom stereocenters. The van der Waals surface area contributed by atoms with Gasteiger partial charge in [-0.2, -0.15) is 0 Å². The van der Waals surface area contributed by atoms with Gasteiger partial charge in [0.1, 0.15) is 46.0 Å². The number of benzene rings is 20. The van der Waals surface area contributed by atoms with Crippen LogP contribution in [0, 0.1) is 0 Å².